The maximum Gasteiger partial charge on any atom is 0.166 e. The number of carbonyl (C=O) groups excluding carboxylic acids is 1. The maximum atomic E-state index is 12.8. The predicted molar refractivity (Wildman–Crippen MR) is 104 cm³/mol. The molecular formula is C22H30N2O. The largest absolute Gasteiger partial charge is 0.294 e. The minimum Gasteiger partial charge on any atom is -0.294 e. The lowest BCUT2D eigenvalue weighted by Gasteiger charge is -2.13. The summed E-state index contributed by atoms with van der Waals surface area (Å²) >= 11 is 0. The molecule has 0 saturated heterocycles. The van der Waals surface area contributed by atoms with Gasteiger partial charge in [0, 0.05) is 23.2 Å². The fourth-order valence-corrected chi connectivity index (χ4v) is 3.11. The van der Waals surface area contributed by atoms with E-state index in [2.05, 4.69) is 23.8 Å². The van der Waals surface area contributed by atoms with Gasteiger partial charge in [0.15, 0.2) is 5.78 Å². The summed E-state index contributed by atoms with van der Waals surface area (Å²) in [6, 6.07) is 7.75. The summed E-state index contributed by atoms with van der Waals surface area (Å²) in [5.41, 5.74) is 3.46. The Morgan fingerprint density at radius 1 is 1.00 bits per heavy atom. The lowest BCUT2D eigenvalue weighted by atomic mass is 9.91. The molecule has 2 rings (SSSR count). The molecule has 0 N–H and O–H groups in total. The molecule has 1 heterocycles. The van der Waals surface area contributed by atoms with Crippen LogP contribution in [0.2, 0.25) is 0 Å². The molecule has 0 bridgehead atoms. The first-order valence-electron chi connectivity index (χ1n) is 9.61. The maximum absolute atomic E-state index is 12.8. The zero-order chi connectivity index (χ0) is 18.1. The van der Waals surface area contributed by atoms with Gasteiger partial charge in [0.2, 0.25) is 0 Å². The fourth-order valence-electron chi connectivity index (χ4n) is 3.11. The minimum absolute atomic E-state index is 0.0388. The van der Waals surface area contributed by atoms with E-state index in [0.717, 1.165) is 48.2 Å². The number of carbonyl (C=O) groups is 1. The average Bonchev–Trinajstić information content (AvgIpc) is 2.65. The third-order valence-electron chi connectivity index (χ3n) is 4.63. The van der Waals surface area contributed by atoms with Crippen LogP contribution in [0.15, 0.2) is 36.7 Å². The second kappa shape index (κ2) is 10.1. The molecule has 1 aromatic carbocycles. The van der Waals surface area contributed by atoms with Crippen LogP contribution < -0.4 is 0 Å². The van der Waals surface area contributed by atoms with Crippen LogP contribution in [0.4, 0.5) is 0 Å². The molecule has 0 aliphatic carbocycles. The Morgan fingerprint density at radius 2 is 1.80 bits per heavy atom. The average molecular weight is 338 g/mol. The zero-order valence-corrected chi connectivity index (χ0v) is 15.8. The second-order valence-corrected chi connectivity index (χ2v) is 6.80. The highest BCUT2D eigenvalue weighted by Crippen LogP contribution is 2.25. The van der Waals surface area contributed by atoms with Gasteiger partial charge in [-0.05, 0) is 19.3 Å². The number of hydrogen-bond acceptors (Lipinski definition) is 3. The van der Waals surface area contributed by atoms with Crippen molar-refractivity contribution in [2.75, 3.05) is 0 Å². The predicted octanol–water partition coefficient (Wildman–Crippen LogP) is 5.89. The van der Waals surface area contributed by atoms with Crippen LogP contribution in [0.25, 0.3) is 11.3 Å². The van der Waals surface area contributed by atoms with E-state index >= 15 is 0 Å². The lowest BCUT2D eigenvalue weighted by Crippen LogP contribution is -2.12. The lowest BCUT2D eigenvalue weighted by molar-refractivity contribution is 0.0924. The summed E-state index contributed by atoms with van der Waals surface area (Å²) in [6.45, 7) is 6.34. The highest BCUT2D eigenvalue weighted by atomic mass is 16.1. The zero-order valence-electron chi connectivity index (χ0n) is 15.8. The fraction of sp³-hybridized carbons (Fsp3) is 0.500. The van der Waals surface area contributed by atoms with Crippen LogP contribution in [-0.2, 0) is 6.42 Å². The van der Waals surface area contributed by atoms with E-state index in [1.807, 2.05) is 43.6 Å². The molecule has 0 aliphatic rings. The molecule has 0 radical (unpaired) electrons. The summed E-state index contributed by atoms with van der Waals surface area (Å²) in [6.07, 6.45) is 11.5. The molecule has 134 valence electrons. The highest BCUT2D eigenvalue weighted by molar-refractivity contribution is 6.03. The van der Waals surface area contributed by atoms with Gasteiger partial charge in [-0.15, -0.1) is 0 Å². The van der Waals surface area contributed by atoms with Crippen LogP contribution in [0.5, 0.6) is 0 Å². The van der Waals surface area contributed by atoms with Crippen LogP contribution in [0.1, 0.15) is 75.3 Å². The van der Waals surface area contributed by atoms with Crippen LogP contribution in [-0.4, -0.2) is 15.8 Å². The molecule has 0 aliphatic heterocycles. The van der Waals surface area contributed by atoms with E-state index in [-0.39, 0.29) is 11.7 Å². The van der Waals surface area contributed by atoms with Crippen LogP contribution >= 0.6 is 0 Å². The van der Waals surface area contributed by atoms with Crippen molar-refractivity contribution >= 4 is 5.78 Å². The topological polar surface area (TPSA) is 42.9 Å². The summed E-state index contributed by atoms with van der Waals surface area (Å²) < 4.78 is 0. The molecule has 1 atom stereocenters. The standard InChI is InChI=1S/C22H30N2O/c1-4-6-7-8-12-18-15-24-21(16-23-18)19-13-9-10-14-20(19)22(25)17(3)11-5-2/h9-10,13-17H,4-8,11-12H2,1-3H3. The molecule has 0 spiro atoms. The van der Waals surface area contributed by atoms with E-state index in [4.69, 9.17) is 0 Å². The summed E-state index contributed by atoms with van der Waals surface area (Å²) in [7, 11) is 0. The normalized spacial score (nSPS) is 12.1. The minimum atomic E-state index is 0.0388. The number of aryl methyl sites for hydroxylation is 1. The van der Waals surface area contributed by atoms with E-state index in [0.29, 0.717) is 0 Å². The van der Waals surface area contributed by atoms with Gasteiger partial charge >= 0.3 is 0 Å². The van der Waals surface area contributed by atoms with Gasteiger partial charge in [-0.25, -0.2) is 0 Å². The van der Waals surface area contributed by atoms with Gasteiger partial charge in [-0.1, -0.05) is 70.7 Å². The smallest absolute Gasteiger partial charge is 0.166 e. The molecule has 25 heavy (non-hydrogen) atoms. The van der Waals surface area contributed by atoms with Gasteiger partial charge < -0.3 is 0 Å². The van der Waals surface area contributed by atoms with Crippen molar-refractivity contribution in [2.45, 2.75) is 65.7 Å². The van der Waals surface area contributed by atoms with Gasteiger partial charge in [0.25, 0.3) is 0 Å². The molecule has 0 fully saturated rings. The van der Waals surface area contributed by atoms with E-state index < -0.39 is 0 Å². The number of ketones is 1. The second-order valence-electron chi connectivity index (χ2n) is 6.80. The Hall–Kier alpha value is -2.03. The molecule has 3 heteroatoms. The molecule has 0 saturated carbocycles. The van der Waals surface area contributed by atoms with Gasteiger partial charge in [-0.3, -0.25) is 14.8 Å². The Kier molecular flexibility index (Phi) is 7.77. The number of Topliss-reactive ketones (excluding diaryl/α,β-unsaturated/α-hetero) is 1. The molecule has 1 aromatic heterocycles. The van der Waals surface area contributed by atoms with E-state index in [9.17, 15) is 4.79 Å². The van der Waals surface area contributed by atoms with Crippen molar-refractivity contribution in [1.29, 1.82) is 0 Å². The molecular weight excluding hydrogens is 308 g/mol. The Balaban J connectivity index is 2.15. The number of nitrogens with zero attached hydrogens (tertiary/aromatic N) is 2. The van der Waals surface area contributed by atoms with E-state index in [1.165, 1.54) is 19.3 Å². The molecule has 1 unspecified atom stereocenters. The van der Waals surface area contributed by atoms with Crippen molar-refractivity contribution in [3.63, 3.8) is 0 Å². The quantitative estimate of drug-likeness (QED) is 0.401. The first-order valence-corrected chi connectivity index (χ1v) is 9.61. The Morgan fingerprint density at radius 3 is 2.48 bits per heavy atom. The highest BCUT2D eigenvalue weighted by Gasteiger charge is 2.18. The van der Waals surface area contributed by atoms with Gasteiger partial charge in [0.05, 0.1) is 17.6 Å². The van der Waals surface area contributed by atoms with Crippen LogP contribution in [0.3, 0.4) is 0 Å². The Labute approximate surface area is 151 Å². The summed E-state index contributed by atoms with van der Waals surface area (Å²) in [5.74, 6) is 0.236. The summed E-state index contributed by atoms with van der Waals surface area (Å²) in [4.78, 5) is 21.9. The van der Waals surface area contributed by atoms with E-state index in [1.54, 1.807) is 0 Å². The number of hydrogen-bond donors (Lipinski definition) is 0. The summed E-state index contributed by atoms with van der Waals surface area (Å²) in [5, 5.41) is 0. The Bertz CT molecular complexity index is 664. The monoisotopic (exact) mass is 338 g/mol. The first kappa shape index (κ1) is 19.3. The van der Waals surface area contributed by atoms with Crippen molar-refractivity contribution in [2.24, 2.45) is 5.92 Å². The number of unbranched alkanes of at least 4 members (excludes halogenated alkanes) is 3. The number of rotatable bonds is 10. The molecule has 2 aromatic rings. The van der Waals surface area contributed by atoms with Crippen LogP contribution in [0, 0.1) is 5.92 Å². The number of benzene rings is 1. The first-order chi connectivity index (χ1) is 12.2. The molecule has 3 nitrogen and oxygen atoms in total. The molecule has 0 amide bonds. The third-order valence-corrected chi connectivity index (χ3v) is 4.63. The SMILES string of the molecule is CCCCCCc1cnc(-c2ccccc2C(=O)C(C)CCC)cn1. The van der Waals surface area contributed by atoms with Crippen molar-refractivity contribution in [3.05, 3.63) is 47.9 Å². The van der Waals surface area contributed by atoms with Crippen molar-refractivity contribution in [3.8, 4) is 11.3 Å². The van der Waals surface area contributed by atoms with Crippen molar-refractivity contribution in [1.82, 2.24) is 9.97 Å². The number of aromatic nitrogens is 2. The van der Waals surface area contributed by atoms with Gasteiger partial charge in [0.1, 0.15) is 0 Å². The van der Waals surface area contributed by atoms with Gasteiger partial charge in [-0.2, -0.15) is 0 Å². The third kappa shape index (κ3) is 5.48. The van der Waals surface area contributed by atoms with Crippen molar-refractivity contribution < 1.29 is 4.79 Å².